The van der Waals surface area contributed by atoms with E-state index >= 15 is 0 Å². The predicted octanol–water partition coefficient (Wildman–Crippen LogP) is 2.04. The third-order valence-corrected chi connectivity index (χ3v) is 6.58. The molecule has 1 aromatic carbocycles. The highest BCUT2D eigenvalue weighted by atomic mass is 16.2. The minimum absolute atomic E-state index is 0.116. The number of aryl methyl sites for hydroxylation is 1. The van der Waals surface area contributed by atoms with Crippen LogP contribution >= 0.6 is 0 Å². The van der Waals surface area contributed by atoms with Crippen molar-refractivity contribution in [3.8, 4) is 0 Å². The Balaban J connectivity index is 1.24. The second-order valence-electron chi connectivity index (χ2n) is 8.35. The van der Waals surface area contributed by atoms with Crippen LogP contribution in [0.1, 0.15) is 36.8 Å². The number of benzene rings is 1. The van der Waals surface area contributed by atoms with Crippen LogP contribution in [0, 0.1) is 25.2 Å². The Morgan fingerprint density at radius 1 is 1.10 bits per heavy atom. The van der Waals surface area contributed by atoms with Crippen molar-refractivity contribution in [1.82, 2.24) is 25.2 Å². The number of carbonyl (C=O) groups excluding carboxylic acids is 2. The first-order valence-corrected chi connectivity index (χ1v) is 10.5. The van der Waals surface area contributed by atoms with Gasteiger partial charge in [-0.2, -0.15) is 0 Å². The van der Waals surface area contributed by atoms with Crippen molar-refractivity contribution in [3.63, 3.8) is 0 Å². The largest absolute Gasteiger partial charge is 0.351 e. The van der Waals surface area contributed by atoms with Gasteiger partial charge in [-0.3, -0.25) is 9.89 Å². The Kier molecular flexibility index (Phi) is 5.69. The lowest BCUT2D eigenvalue weighted by Crippen LogP contribution is -2.45. The molecule has 3 amide bonds. The lowest BCUT2D eigenvalue weighted by Gasteiger charge is -2.39. The van der Waals surface area contributed by atoms with Crippen molar-refractivity contribution in [2.24, 2.45) is 17.6 Å². The fraction of sp³-hybridized carbons (Fsp3) is 0.571. The summed E-state index contributed by atoms with van der Waals surface area (Å²) >= 11 is 0. The van der Waals surface area contributed by atoms with Crippen LogP contribution in [0.25, 0.3) is 11.0 Å². The number of piperidine rings is 2. The molecule has 8 nitrogen and oxygen atoms in total. The normalized spacial score (nSPS) is 19.1. The fourth-order valence-corrected chi connectivity index (χ4v) is 4.83. The molecule has 0 aliphatic carbocycles. The van der Waals surface area contributed by atoms with Crippen molar-refractivity contribution in [2.45, 2.75) is 39.0 Å². The Labute approximate surface area is 170 Å². The average molecular weight is 398 g/mol. The number of primary amides is 1. The molecule has 1 radical (unpaired) electrons. The summed E-state index contributed by atoms with van der Waals surface area (Å²) < 4.78 is 0. The summed E-state index contributed by atoms with van der Waals surface area (Å²) in [5.41, 5.74) is 9.33. The maximum absolute atomic E-state index is 12.6. The first-order chi connectivity index (χ1) is 14.0. The number of H-pyrrole nitrogens is 1. The maximum atomic E-state index is 12.6. The number of fused-ring (bicyclic) bond motifs is 1. The first-order valence-electron chi connectivity index (χ1n) is 10.5. The van der Waals surface area contributed by atoms with Gasteiger partial charge in [-0.05, 0) is 68.1 Å². The molecule has 2 saturated heterocycles. The van der Waals surface area contributed by atoms with E-state index in [4.69, 9.17) is 5.73 Å². The molecule has 2 aliphatic heterocycles. The third-order valence-electron chi connectivity index (χ3n) is 6.58. The number of nitrogens with two attached hydrogens (primary N) is 1. The lowest BCUT2D eigenvalue weighted by atomic mass is 9.79. The summed E-state index contributed by atoms with van der Waals surface area (Å²) in [6.07, 6.45) is 6.53. The summed E-state index contributed by atoms with van der Waals surface area (Å²) in [4.78, 5) is 27.6. The van der Waals surface area contributed by atoms with E-state index in [9.17, 15) is 9.59 Å². The van der Waals surface area contributed by atoms with E-state index in [2.05, 4.69) is 21.5 Å². The van der Waals surface area contributed by atoms with E-state index in [0.29, 0.717) is 18.3 Å². The highest BCUT2D eigenvalue weighted by Crippen LogP contribution is 2.32. The summed E-state index contributed by atoms with van der Waals surface area (Å²) in [6.45, 7) is 5.19. The Bertz CT molecular complexity index is 878. The molecule has 2 fully saturated rings. The number of amides is 3. The topological polar surface area (TPSA) is 108 Å². The number of aromatic nitrogens is 3. The van der Waals surface area contributed by atoms with E-state index in [0.717, 1.165) is 74.0 Å². The predicted molar refractivity (Wildman–Crippen MR) is 110 cm³/mol. The zero-order valence-electron chi connectivity index (χ0n) is 16.9. The highest BCUT2D eigenvalue weighted by Gasteiger charge is 2.31. The van der Waals surface area contributed by atoms with Gasteiger partial charge >= 0.3 is 6.03 Å². The summed E-state index contributed by atoms with van der Waals surface area (Å²) in [6, 6.07) is 3.76. The number of carbonyl (C=O) groups is 2. The highest BCUT2D eigenvalue weighted by molar-refractivity contribution is 5.85. The molecule has 0 bridgehead atoms. The van der Waals surface area contributed by atoms with Crippen LogP contribution in [0.4, 0.5) is 4.79 Å². The van der Waals surface area contributed by atoms with E-state index in [1.54, 1.807) is 11.3 Å². The van der Waals surface area contributed by atoms with Gasteiger partial charge in [0.05, 0.1) is 11.9 Å². The average Bonchev–Trinajstić information content (AvgIpc) is 3.21. The second kappa shape index (κ2) is 8.39. The standard InChI is InChI=1S/C21H29N6O2/c1-14-12-15(13-18-20(14)24-25-23-18)2-3-19(28)26-8-4-16(5-9-26)17-6-10-27(11-7-17)21(22)29/h3,12-13,16-17H,2,4-11H2,1H3,(H2,22,29)(H,23,24,25). The monoisotopic (exact) mass is 397 g/mol. The Morgan fingerprint density at radius 3 is 2.34 bits per heavy atom. The number of nitrogens with zero attached hydrogens (tertiary/aromatic N) is 4. The number of likely N-dealkylation sites (tertiary alicyclic amines) is 2. The van der Waals surface area contributed by atoms with Gasteiger partial charge in [-0.1, -0.05) is 11.3 Å². The second-order valence-corrected chi connectivity index (χ2v) is 8.35. The molecule has 2 aliphatic rings. The van der Waals surface area contributed by atoms with Gasteiger partial charge in [0.2, 0.25) is 5.91 Å². The van der Waals surface area contributed by atoms with Crippen molar-refractivity contribution < 1.29 is 9.59 Å². The zero-order chi connectivity index (χ0) is 20.4. The molecular formula is C21H29N6O2. The quantitative estimate of drug-likeness (QED) is 0.823. The van der Waals surface area contributed by atoms with Crippen LogP contribution in [0.15, 0.2) is 12.1 Å². The SMILES string of the molecule is Cc1cc(C[CH]C(=O)N2CCC(C3CCN(C(N)=O)CC3)CC2)cc2nn[nH]c12. The van der Waals surface area contributed by atoms with Crippen LogP contribution in [-0.4, -0.2) is 63.3 Å². The molecule has 3 heterocycles. The van der Waals surface area contributed by atoms with Gasteiger partial charge in [0.1, 0.15) is 5.52 Å². The summed E-state index contributed by atoms with van der Waals surface area (Å²) in [5.74, 6) is 1.40. The van der Waals surface area contributed by atoms with Crippen molar-refractivity contribution in [3.05, 3.63) is 29.7 Å². The third kappa shape index (κ3) is 4.36. The lowest BCUT2D eigenvalue weighted by molar-refractivity contribution is -0.129. The van der Waals surface area contributed by atoms with Gasteiger partial charge in [-0.15, -0.1) is 5.10 Å². The van der Waals surface area contributed by atoms with Crippen molar-refractivity contribution >= 4 is 23.0 Å². The van der Waals surface area contributed by atoms with Crippen molar-refractivity contribution in [1.29, 1.82) is 0 Å². The summed E-state index contributed by atoms with van der Waals surface area (Å²) in [7, 11) is 0. The van der Waals surface area contributed by atoms with Gasteiger partial charge < -0.3 is 15.5 Å². The molecule has 3 N–H and O–H groups in total. The first kappa shape index (κ1) is 19.7. The fourth-order valence-electron chi connectivity index (χ4n) is 4.83. The van der Waals surface area contributed by atoms with E-state index in [1.165, 1.54) is 0 Å². The van der Waals surface area contributed by atoms with Gasteiger partial charge in [0.25, 0.3) is 0 Å². The molecule has 2 aromatic rings. The van der Waals surface area contributed by atoms with Crippen LogP contribution < -0.4 is 5.73 Å². The smallest absolute Gasteiger partial charge is 0.314 e. The molecule has 0 saturated carbocycles. The van der Waals surface area contributed by atoms with Crippen molar-refractivity contribution in [2.75, 3.05) is 26.2 Å². The van der Waals surface area contributed by atoms with Gasteiger partial charge in [0.15, 0.2) is 0 Å². The number of rotatable bonds is 4. The minimum Gasteiger partial charge on any atom is -0.351 e. The number of hydrogen-bond acceptors (Lipinski definition) is 4. The number of aromatic amines is 1. The molecule has 0 unspecified atom stereocenters. The molecular weight excluding hydrogens is 368 g/mol. The van der Waals surface area contributed by atoms with E-state index < -0.39 is 0 Å². The number of urea groups is 1. The molecule has 155 valence electrons. The molecule has 0 spiro atoms. The molecule has 8 heteroatoms. The van der Waals surface area contributed by atoms with Crippen LogP contribution in [0.2, 0.25) is 0 Å². The van der Waals surface area contributed by atoms with E-state index in [-0.39, 0.29) is 11.9 Å². The molecule has 29 heavy (non-hydrogen) atoms. The summed E-state index contributed by atoms with van der Waals surface area (Å²) in [5, 5.41) is 10.8. The van der Waals surface area contributed by atoms with E-state index in [1.807, 2.05) is 17.9 Å². The van der Waals surface area contributed by atoms with Crippen LogP contribution in [0.5, 0.6) is 0 Å². The number of hydrogen-bond donors (Lipinski definition) is 2. The van der Waals surface area contributed by atoms with Crippen LogP contribution in [-0.2, 0) is 11.2 Å². The molecule has 0 atom stereocenters. The minimum atomic E-state index is -0.308. The van der Waals surface area contributed by atoms with Gasteiger partial charge in [-0.25, -0.2) is 4.79 Å². The maximum Gasteiger partial charge on any atom is 0.314 e. The molecule has 1 aromatic heterocycles. The van der Waals surface area contributed by atoms with Gasteiger partial charge in [0, 0.05) is 26.2 Å². The Morgan fingerprint density at radius 2 is 1.72 bits per heavy atom. The number of nitrogens with one attached hydrogen (secondary N) is 1. The zero-order valence-corrected chi connectivity index (χ0v) is 16.9. The Hall–Kier alpha value is -2.64. The van der Waals surface area contributed by atoms with Crippen LogP contribution in [0.3, 0.4) is 0 Å². The molecule has 4 rings (SSSR count).